The van der Waals surface area contributed by atoms with Crippen LogP contribution in [0.25, 0.3) is 0 Å². The number of hydrogen-bond acceptors (Lipinski definition) is 2. The van der Waals surface area contributed by atoms with Gasteiger partial charge in [0.1, 0.15) is 0 Å². The molecule has 0 saturated carbocycles. The minimum atomic E-state index is 0.406. The van der Waals surface area contributed by atoms with Gasteiger partial charge >= 0.3 is 0 Å². The lowest BCUT2D eigenvalue weighted by molar-refractivity contribution is 0.0540. The lowest BCUT2D eigenvalue weighted by Crippen LogP contribution is -2.23. The van der Waals surface area contributed by atoms with E-state index in [-0.39, 0.29) is 0 Å². The molecule has 0 saturated heterocycles. The monoisotopic (exact) mass is 201 g/mol. The highest BCUT2D eigenvalue weighted by molar-refractivity contribution is 4.54. The number of nitrogens with one attached hydrogen (secondary N) is 1. The molecule has 0 rings (SSSR count). The lowest BCUT2D eigenvalue weighted by atomic mass is 10.1. The smallest absolute Gasteiger partial charge is 0.0594 e. The maximum absolute atomic E-state index is 5.67. The molecular formula is C12H27NO. The Morgan fingerprint density at radius 3 is 2.43 bits per heavy atom. The van der Waals surface area contributed by atoms with E-state index in [0.29, 0.717) is 6.10 Å². The summed E-state index contributed by atoms with van der Waals surface area (Å²) in [5.41, 5.74) is 0. The second-order valence-corrected chi connectivity index (χ2v) is 4.41. The van der Waals surface area contributed by atoms with Crippen LogP contribution in [0.15, 0.2) is 0 Å². The number of ether oxygens (including phenoxy) is 1. The summed E-state index contributed by atoms with van der Waals surface area (Å²) in [6.07, 6.45) is 4.09. The first-order valence-corrected chi connectivity index (χ1v) is 5.99. The predicted octanol–water partition coefficient (Wildman–Crippen LogP) is 2.83. The van der Waals surface area contributed by atoms with Crippen molar-refractivity contribution >= 4 is 0 Å². The summed E-state index contributed by atoms with van der Waals surface area (Å²) in [5.74, 6) is 0.734. The second kappa shape index (κ2) is 9.47. The number of unbranched alkanes of at least 4 members (excludes halogenated alkanes) is 1. The lowest BCUT2D eigenvalue weighted by Gasteiger charge is -2.15. The molecular weight excluding hydrogens is 174 g/mol. The summed E-state index contributed by atoms with van der Waals surface area (Å²) in [7, 11) is 0. The van der Waals surface area contributed by atoms with Crippen molar-refractivity contribution < 1.29 is 4.74 Å². The maximum Gasteiger partial charge on any atom is 0.0594 e. The highest BCUT2D eigenvalue weighted by Gasteiger charge is 2.03. The van der Waals surface area contributed by atoms with Gasteiger partial charge in [-0.15, -0.1) is 0 Å². The largest absolute Gasteiger partial charge is 0.377 e. The molecule has 0 aliphatic carbocycles. The summed E-state index contributed by atoms with van der Waals surface area (Å²) in [6, 6.07) is 0. The minimum Gasteiger partial charge on any atom is -0.377 e. The van der Waals surface area contributed by atoms with Gasteiger partial charge in [-0.05, 0) is 32.2 Å². The van der Waals surface area contributed by atoms with Gasteiger partial charge in [0.2, 0.25) is 0 Å². The third-order valence-corrected chi connectivity index (χ3v) is 2.19. The molecule has 2 nitrogen and oxygen atoms in total. The van der Waals surface area contributed by atoms with Crippen LogP contribution in [0.3, 0.4) is 0 Å². The molecule has 0 radical (unpaired) electrons. The maximum atomic E-state index is 5.67. The zero-order valence-electron chi connectivity index (χ0n) is 10.3. The first-order valence-electron chi connectivity index (χ1n) is 5.99. The second-order valence-electron chi connectivity index (χ2n) is 4.41. The molecule has 1 unspecified atom stereocenters. The van der Waals surface area contributed by atoms with Crippen LogP contribution in [0.2, 0.25) is 0 Å². The van der Waals surface area contributed by atoms with E-state index in [0.717, 1.165) is 32.0 Å². The summed E-state index contributed by atoms with van der Waals surface area (Å²) >= 11 is 0. The molecule has 0 heterocycles. The van der Waals surface area contributed by atoms with Gasteiger partial charge in [-0.1, -0.05) is 27.2 Å². The van der Waals surface area contributed by atoms with Crippen LogP contribution >= 0.6 is 0 Å². The van der Waals surface area contributed by atoms with Crippen molar-refractivity contribution in [1.29, 1.82) is 0 Å². The fourth-order valence-corrected chi connectivity index (χ4v) is 1.49. The molecule has 0 amide bonds. The molecule has 0 fully saturated rings. The van der Waals surface area contributed by atoms with Crippen LogP contribution in [0, 0.1) is 5.92 Å². The Morgan fingerprint density at radius 1 is 1.14 bits per heavy atom. The van der Waals surface area contributed by atoms with Crippen LogP contribution in [0.4, 0.5) is 0 Å². The molecule has 0 spiro atoms. The van der Waals surface area contributed by atoms with Gasteiger partial charge in [0, 0.05) is 6.54 Å². The van der Waals surface area contributed by atoms with Crippen LogP contribution in [-0.2, 0) is 4.74 Å². The van der Waals surface area contributed by atoms with Crippen LogP contribution in [-0.4, -0.2) is 25.8 Å². The van der Waals surface area contributed by atoms with Crippen molar-refractivity contribution in [3.05, 3.63) is 0 Å². The SMILES string of the molecule is CCCCNCCOC(C)CC(C)C. The molecule has 1 N–H and O–H groups in total. The molecule has 0 aliphatic rings. The highest BCUT2D eigenvalue weighted by Crippen LogP contribution is 2.06. The van der Waals surface area contributed by atoms with Gasteiger partial charge in [-0.3, -0.25) is 0 Å². The quantitative estimate of drug-likeness (QED) is 0.579. The van der Waals surface area contributed by atoms with E-state index in [1.54, 1.807) is 0 Å². The van der Waals surface area contributed by atoms with E-state index in [4.69, 9.17) is 4.74 Å². The van der Waals surface area contributed by atoms with Crippen molar-refractivity contribution in [2.24, 2.45) is 5.92 Å². The van der Waals surface area contributed by atoms with Gasteiger partial charge in [0.25, 0.3) is 0 Å². The summed E-state index contributed by atoms with van der Waals surface area (Å²) in [4.78, 5) is 0. The molecule has 0 bridgehead atoms. The van der Waals surface area contributed by atoms with Crippen molar-refractivity contribution in [2.75, 3.05) is 19.7 Å². The third-order valence-electron chi connectivity index (χ3n) is 2.19. The molecule has 2 heteroatoms. The topological polar surface area (TPSA) is 21.3 Å². The predicted molar refractivity (Wildman–Crippen MR) is 62.6 cm³/mol. The first-order chi connectivity index (χ1) is 6.66. The standard InChI is InChI=1S/C12H27NO/c1-5-6-7-13-8-9-14-12(4)10-11(2)3/h11-13H,5-10H2,1-4H3. The summed E-state index contributed by atoms with van der Waals surface area (Å²) < 4.78 is 5.67. The minimum absolute atomic E-state index is 0.406. The molecule has 0 aromatic rings. The van der Waals surface area contributed by atoms with Crippen LogP contribution in [0.1, 0.15) is 47.0 Å². The van der Waals surface area contributed by atoms with E-state index in [2.05, 4.69) is 33.0 Å². The van der Waals surface area contributed by atoms with E-state index in [1.165, 1.54) is 12.8 Å². The zero-order valence-corrected chi connectivity index (χ0v) is 10.3. The summed E-state index contributed by atoms with van der Waals surface area (Å²) in [6.45, 7) is 11.8. The Labute approximate surface area is 89.4 Å². The van der Waals surface area contributed by atoms with E-state index < -0.39 is 0 Å². The average molecular weight is 201 g/mol. The number of hydrogen-bond donors (Lipinski definition) is 1. The van der Waals surface area contributed by atoms with E-state index in [1.807, 2.05) is 0 Å². The average Bonchev–Trinajstić information content (AvgIpc) is 2.10. The number of rotatable bonds is 9. The van der Waals surface area contributed by atoms with E-state index in [9.17, 15) is 0 Å². The first kappa shape index (κ1) is 13.9. The van der Waals surface area contributed by atoms with Gasteiger partial charge in [-0.25, -0.2) is 0 Å². The van der Waals surface area contributed by atoms with Crippen LogP contribution < -0.4 is 5.32 Å². The van der Waals surface area contributed by atoms with Gasteiger partial charge in [0.05, 0.1) is 12.7 Å². The normalized spacial score (nSPS) is 13.5. The van der Waals surface area contributed by atoms with Gasteiger partial charge in [0.15, 0.2) is 0 Å². The highest BCUT2D eigenvalue weighted by atomic mass is 16.5. The Bertz CT molecular complexity index is 115. The van der Waals surface area contributed by atoms with Gasteiger partial charge < -0.3 is 10.1 Å². The molecule has 0 aliphatic heterocycles. The summed E-state index contributed by atoms with van der Waals surface area (Å²) in [5, 5.41) is 3.37. The molecule has 86 valence electrons. The molecule has 0 aromatic carbocycles. The molecule has 0 aromatic heterocycles. The fourth-order valence-electron chi connectivity index (χ4n) is 1.49. The molecule has 1 atom stereocenters. The fraction of sp³-hybridized carbons (Fsp3) is 1.00. The Morgan fingerprint density at radius 2 is 1.86 bits per heavy atom. The Hall–Kier alpha value is -0.0800. The van der Waals surface area contributed by atoms with E-state index >= 15 is 0 Å². The third kappa shape index (κ3) is 10.0. The molecule has 14 heavy (non-hydrogen) atoms. The van der Waals surface area contributed by atoms with Crippen LogP contribution in [0.5, 0.6) is 0 Å². The van der Waals surface area contributed by atoms with Gasteiger partial charge in [-0.2, -0.15) is 0 Å². The zero-order chi connectivity index (χ0) is 10.8. The van der Waals surface area contributed by atoms with Crippen molar-refractivity contribution in [2.45, 2.75) is 53.1 Å². The Kier molecular flexibility index (Phi) is 9.42. The van der Waals surface area contributed by atoms with Crippen molar-refractivity contribution in [1.82, 2.24) is 5.32 Å². The Balaban J connectivity index is 3.10. The van der Waals surface area contributed by atoms with Crippen molar-refractivity contribution in [3.63, 3.8) is 0 Å². The van der Waals surface area contributed by atoms with Crippen molar-refractivity contribution in [3.8, 4) is 0 Å².